The van der Waals surface area contributed by atoms with Gasteiger partial charge in [0, 0.05) is 34.6 Å². The molecule has 1 N–H and O–H groups in total. The van der Waals surface area contributed by atoms with Crippen molar-refractivity contribution >= 4 is 29.3 Å². The van der Waals surface area contributed by atoms with Crippen LogP contribution in [-0.2, 0) is 16.8 Å². The normalized spacial score (nSPS) is 13.4. The number of imidazole rings is 1. The number of carboxylic acids is 1. The van der Waals surface area contributed by atoms with Gasteiger partial charge < -0.3 is 9.67 Å². The van der Waals surface area contributed by atoms with Crippen molar-refractivity contribution in [1.29, 1.82) is 0 Å². The van der Waals surface area contributed by atoms with E-state index in [1.165, 1.54) is 0 Å². The maximum absolute atomic E-state index is 13.5. The van der Waals surface area contributed by atoms with Gasteiger partial charge in [0.05, 0.1) is 12.0 Å². The number of carbonyl (C=O) groups is 2. The number of anilines is 1. The highest BCUT2D eigenvalue weighted by atomic mass is 35.5. The summed E-state index contributed by atoms with van der Waals surface area (Å²) in [5, 5.41) is 9.97. The predicted molar refractivity (Wildman–Crippen MR) is 144 cm³/mol. The molecule has 0 saturated carbocycles. The Hall–Kier alpha value is -3.97. The third-order valence-corrected chi connectivity index (χ3v) is 7.23. The molecule has 0 radical (unpaired) electrons. The number of halogens is 1. The monoisotopic (exact) mass is 514 g/mol. The van der Waals surface area contributed by atoms with Crippen LogP contribution in [0, 0.1) is 0 Å². The number of nitrogens with zero attached hydrogens (tertiary/aromatic N) is 4. The van der Waals surface area contributed by atoms with Gasteiger partial charge in [-0.1, -0.05) is 41.9 Å². The molecule has 2 aromatic heterocycles. The fraction of sp³-hybridized carbons (Fsp3) is 0.241. The van der Waals surface area contributed by atoms with E-state index < -0.39 is 11.4 Å². The Kier molecular flexibility index (Phi) is 6.12. The number of benzene rings is 2. The maximum atomic E-state index is 13.5. The molecule has 188 valence electrons. The summed E-state index contributed by atoms with van der Waals surface area (Å²) in [6.45, 7) is 7.87. The Balaban J connectivity index is 1.45. The first kappa shape index (κ1) is 24.7. The van der Waals surface area contributed by atoms with Crippen LogP contribution in [0.15, 0.2) is 67.0 Å². The highest BCUT2D eigenvalue weighted by Crippen LogP contribution is 2.36. The summed E-state index contributed by atoms with van der Waals surface area (Å²) in [5.41, 5.74) is 3.28. The smallest absolute Gasteiger partial charge is 0.313 e. The topological polar surface area (TPSA) is 88.3 Å². The lowest BCUT2D eigenvalue weighted by molar-refractivity contribution is -0.142. The van der Waals surface area contributed by atoms with Crippen LogP contribution in [0.2, 0.25) is 5.02 Å². The van der Waals surface area contributed by atoms with Gasteiger partial charge in [0.1, 0.15) is 11.5 Å². The Morgan fingerprint density at radius 3 is 2.57 bits per heavy atom. The van der Waals surface area contributed by atoms with Gasteiger partial charge in [-0.05, 0) is 68.7 Å². The zero-order valence-corrected chi connectivity index (χ0v) is 21.8. The number of rotatable bonds is 6. The molecular formula is C29H27ClN4O3. The Morgan fingerprint density at radius 1 is 1.08 bits per heavy atom. The van der Waals surface area contributed by atoms with Crippen molar-refractivity contribution in [3.8, 4) is 22.6 Å². The molecule has 0 atom stereocenters. The highest BCUT2D eigenvalue weighted by Gasteiger charge is 2.32. The van der Waals surface area contributed by atoms with Gasteiger partial charge in [-0.2, -0.15) is 0 Å². The molecule has 5 rings (SSSR count). The van der Waals surface area contributed by atoms with E-state index in [0.717, 1.165) is 22.5 Å². The number of amides is 1. The molecule has 0 spiro atoms. The van der Waals surface area contributed by atoms with Gasteiger partial charge in [-0.3, -0.25) is 14.5 Å². The first-order chi connectivity index (χ1) is 17.6. The van der Waals surface area contributed by atoms with E-state index in [1.807, 2.05) is 53.2 Å². The van der Waals surface area contributed by atoms with Gasteiger partial charge in [-0.25, -0.2) is 9.97 Å². The minimum absolute atomic E-state index is 0.131. The Morgan fingerprint density at radius 2 is 1.86 bits per heavy atom. The molecule has 0 saturated heterocycles. The molecule has 4 aromatic rings. The Labute approximate surface area is 220 Å². The lowest BCUT2D eigenvalue weighted by Gasteiger charge is -2.20. The first-order valence-corrected chi connectivity index (χ1v) is 12.4. The van der Waals surface area contributed by atoms with Crippen LogP contribution >= 0.6 is 11.6 Å². The van der Waals surface area contributed by atoms with Gasteiger partial charge >= 0.3 is 5.97 Å². The molecule has 1 aliphatic heterocycles. The molecular weight excluding hydrogens is 488 g/mol. The average molecular weight is 515 g/mol. The molecule has 1 aliphatic rings. The molecule has 1 amide bonds. The Bertz CT molecular complexity index is 1540. The molecule has 0 aliphatic carbocycles. The number of aliphatic carboxylic acids is 1. The van der Waals surface area contributed by atoms with Crippen LogP contribution in [0.5, 0.6) is 0 Å². The molecule has 7 nitrogen and oxygen atoms in total. The molecule has 8 heteroatoms. The average Bonchev–Trinajstić information content (AvgIpc) is 3.49. The van der Waals surface area contributed by atoms with Crippen molar-refractivity contribution in [3.05, 3.63) is 88.7 Å². The second-order valence-electron chi connectivity index (χ2n) is 10.0. The number of hydrogen-bond acceptors (Lipinski definition) is 4. The van der Waals surface area contributed by atoms with Crippen LogP contribution in [0.3, 0.4) is 0 Å². The van der Waals surface area contributed by atoms with Crippen LogP contribution in [0.4, 0.5) is 5.82 Å². The third-order valence-electron chi connectivity index (χ3n) is 6.92. The lowest BCUT2D eigenvalue weighted by atomic mass is 9.84. The third kappa shape index (κ3) is 4.29. The van der Waals surface area contributed by atoms with Crippen LogP contribution in [0.25, 0.3) is 22.6 Å². The van der Waals surface area contributed by atoms with E-state index in [2.05, 4.69) is 18.8 Å². The summed E-state index contributed by atoms with van der Waals surface area (Å²) in [6, 6.07) is 16.8. The van der Waals surface area contributed by atoms with Crippen molar-refractivity contribution in [2.75, 3.05) is 4.90 Å². The molecule has 2 aromatic carbocycles. The van der Waals surface area contributed by atoms with E-state index in [1.54, 1.807) is 37.1 Å². The summed E-state index contributed by atoms with van der Waals surface area (Å²) >= 11 is 6.58. The van der Waals surface area contributed by atoms with Gasteiger partial charge in [0.2, 0.25) is 0 Å². The summed E-state index contributed by atoms with van der Waals surface area (Å²) in [5.74, 6) is 0.267. The first-order valence-electron chi connectivity index (χ1n) is 12.1. The molecule has 37 heavy (non-hydrogen) atoms. The second kappa shape index (κ2) is 9.16. The van der Waals surface area contributed by atoms with Crippen molar-refractivity contribution in [2.24, 2.45) is 0 Å². The summed E-state index contributed by atoms with van der Waals surface area (Å²) in [4.78, 5) is 36.0. The number of aromatic nitrogens is 3. The van der Waals surface area contributed by atoms with Crippen molar-refractivity contribution in [2.45, 2.75) is 45.7 Å². The number of pyridine rings is 1. The van der Waals surface area contributed by atoms with Crippen LogP contribution < -0.4 is 4.90 Å². The fourth-order valence-corrected chi connectivity index (χ4v) is 4.83. The predicted octanol–water partition coefficient (Wildman–Crippen LogP) is 6.37. The van der Waals surface area contributed by atoms with Crippen molar-refractivity contribution in [3.63, 3.8) is 0 Å². The van der Waals surface area contributed by atoms with Gasteiger partial charge in [0.15, 0.2) is 5.82 Å². The van der Waals surface area contributed by atoms with Gasteiger partial charge in [0.25, 0.3) is 5.91 Å². The number of hydrogen-bond donors (Lipinski definition) is 1. The van der Waals surface area contributed by atoms with E-state index in [0.29, 0.717) is 34.2 Å². The molecule has 0 fully saturated rings. The second-order valence-corrected chi connectivity index (χ2v) is 10.4. The molecule has 3 heterocycles. The van der Waals surface area contributed by atoms with Crippen LogP contribution in [-0.4, -0.2) is 31.5 Å². The lowest BCUT2D eigenvalue weighted by Crippen LogP contribution is -2.28. The van der Waals surface area contributed by atoms with Crippen molar-refractivity contribution < 1.29 is 14.7 Å². The minimum Gasteiger partial charge on any atom is -0.481 e. The van der Waals surface area contributed by atoms with Crippen LogP contribution in [0.1, 0.15) is 55.2 Å². The zero-order valence-electron chi connectivity index (χ0n) is 21.1. The van der Waals surface area contributed by atoms with E-state index >= 15 is 0 Å². The quantitative estimate of drug-likeness (QED) is 0.323. The van der Waals surface area contributed by atoms with Gasteiger partial charge in [-0.15, -0.1) is 0 Å². The fourth-order valence-electron chi connectivity index (χ4n) is 4.54. The van der Waals surface area contributed by atoms with E-state index in [4.69, 9.17) is 16.6 Å². The van der Waals surface area contributed by atoms with E-state index in [9.17, 15) is 14.7 Å². The maximum Gasteiger partial charge on any atom is 0.313 e. The number of carboxylic acid groups (broad SMARTS) is 1. The zero-order chi connectivity index (χ0) is 26.5. The number of carbonyl (C=O) groups excluding carboxylic acids is 1. The summed E-state index contributed by atoms with van der Waals surface area (Å²) in [6.07, 6.45) is 3.68. The standard InChI is InChI=1S/C29H27ClN4O3/c1-17(2)33-13-12-31-26(33)24-6-5-7-25(32-24)34-16-19-9-8-18(14-22(19)27(34)35)21-11-10-20(15-23(21)30)29(3,4)28(36)37/h5-15,17H,16H2,1-4H3,(H,36,37). The van der Waals surface area contributed by atoms with Crippen molar-refractivity contribution in [1.82, 2.24) is 14.5 Å². The largest absolute Gasteiger partial charge is 0.481 e. The minimum atomic E-state index is -1.07. The highest BCUT2D eigenvalue weighted by molar-refractivity contribution is 6.33. The number of fused-ring (bicyclic) bond motifs is 1. The van der Waals surface area contributed by atoms with E-state index in [-0.39, 0.29) is 11.9 Å². The SMILES string of the molecule is CC(C)n1ccnc1-c1cccc(N2Cc3ccc(-c4ccc(C(C)(C)C(=O)O)cc4Cl)cc3C2=O)n1. The molecule has 0 bridgehead atoms. The molecule has 0 unspecified atom stereocenters. The summed E-state index contributed by atoms with van der Waals surface area (Å²) < 4.78 is 2.05. The summed E-state index contributed by atoms with van der Waals surface area (Å²) in [7, 11) is 0.